The molecule has 0 unspecified atom stereocenters. The number of guanidine groups is 1. The molecule has 0 amide bonds. The largest absolute Gasteiger partial charge is 0.355 e. The summed E-state index contributed by atoms with van der Waals surface area (Å²) in [6, 6.07) is 2.47. The van der Waals surface area contributed by atoms with Gasteiger partial charge in [-0.25, -0.2) is 0 Å². The SMILES string of the molecule is CN=C(NCc1cc(Cl)c(Cl)n1C)NC[C@H]1CCCN1CC(C)C. The molecule has 1 aromatic heterocycles. The fourth-order valence-corrected chi connectivity index (χ4v) is 3.62. The van der Waals surface area contributed by atoms with E-state index in [9.17, 15) is 0 Å². The molecule has 136 valence electrons. The third kappa shape index (κ3) is 5.04. The highest BCUT2D eigenvalue weighted by atomic mass is 35.5. The van der Waals surface area contributed by atoms with Gasteiger partial charge in [-0.2, -0.15) is 0 Å². The van der Waals surface area contributed by atoms with Crippen molar-refractivity contribution in [1.29, 1.82) is 0 Å². The quantitative estimate of drug-likeness (QED) is 0.594. The molecule has 2 heterocycles. The van der Waals surface area contributed by atoms with E-state index in [2.05, 4.69) is 34.4 Å². The first-order valence-electron chi connectivity index (χ1n) is 8.60. The van der Waals surface area contributed by atoms with Crippen LogP contribution in [-0.4, -0.2) is 48.2 Å². The lowest BCUT2D eigenvalue weighted by molar-refractivity contribution is 0.226. The van der Waals surface area contributed by atoms with E-state index in [1.807, 2.05) is 17.7 Å². The predicted octanol–water partition coefficient (Wildman–Crippen LogP) is 3.12. The lowest BCUT2D eigenvalue weighted by Crippen LogP contribution is -2.45. The zero-order valence-electron chi connectivity index (χ0n) is 15.1. The van der Waals surface area contributed by atoms with Crippen molar-refractivity contribution in [3.05, 3.63) is 21.9 Å². The van der Waals surface area contributed by atoms with Gasteiger partial charge in [0.25, 0.3) is 0 Å². The molecule has 1 atom stereocenters. The number of aliphatic imine (C=N–C) groups is 1. The highest BCUT2D eigenvalue weighted by molar-refractivity contribution is 6.41. The Balaban J connectivity index is 1.83. The van der Waals surface area contributed by atoms with Crippen molar-refractivity contribution in [1.82, 2.24) is 20.1 Å². The molecule has 2 N–H and O–H groups in total. The maximum Gasteiger partial charge on any atom is 0.191 e. The molecule has 0 saturated carbocycles. The third-order valence-electron chi connectivity index (χ3n) is 4.48. The van der Waals surface area contributed by atoms with Gasteiger partial charge in [0.05, 0.1) is 11.6 Å². The highest BCUT2D eigenvalue weighted by Crippen LogP contribution is 2.24. The van der Waals surface area contributed by atoms with Gasteiger partial charge in [-0.05, 0) is 31.4 Å². The number of nitrogens with zero attached hydrogens (tertiary/aromatic N) is 3. The molecular weight excluding hydrogens is 345 g/mol. The minimum absolute atomic E-state index is 0.562. The van der Waals surface area contributed by atoms with E-state index in [4.69, 9.17) is 23.2 Å². The summed E-state index contributed by atoms with van der Waals surface area (Å²) in [5.41, 5.74) is 1.02. The molecule has 1 fully saturated rings. The predicted molar refractivity (Wildman–Crippen MR) is 103 cm³/mol. The standard InChI is InChI=1S/C17H29Cl2N5/c1-12(2)11-24-7-5-6-13(24)9-21-17(20-3)22-10-14-8-15(18)16(19)23(14)4/h8,12-13H,5-7,9-11H2,1-4H3,(H2,20,21,22)/t13-/m1/s1. The average Bonchev–Trinajstić information content (AvgIpc) is 3.07. The summed E-state index contributed by atoms with van der Waals surface area (Å²) in [6.45, 7) is 8.47. The molecule has 2 rings (SSSR count). The van der Waals surface area contributed by atoms with E-state index < -0.39 is 0 Å². The fourth-order valence-electron chi connectivity index (χ4n) is 3.20. The summed E-state index contributed by atoms with van der Waals surface area (Å²) >= 11 is 12.2. The fraction of sp³-hybridized carbons (Fsp3) is 0.706. The second-order valence-corrected chi connectivity index (χ2v) is 7.59. The lowest BCUT2D eigenvalue weighted by Gasteiger charge is -2.27. The smallest absolute Gasteiger partial charge is 0.191 e. The van der Waals surface area contributed by atoms with E-state index in [-0.39, 0.29) is 0 Å². The number of nitrogens with one attached hydrogen (secondary N) is 2. The Labute approximate surface area is 155 Å². The summed E-state index contributed by atoms with van der Waals surface area (Å²) in [6.07, 6.45) is 2.53. The van der Waals surface area contributed by atoms with Crippen LogP contribution < -0.4 is 10.6 Å². The van der Waals surface area contributed by atoms with Crippen LogP contribution in [0.2, 0.25) is 10.2 Å². The molecule has 1 aliphatic rings. The molecule has 1 saturated heterocycles. The second-order valence-electron chi connectivity index (χ2n) is 6.82. The Morgan fingerprint density at radius 3 is 2.71 bits per heavy atom. The Bertz CT molecular complexity index is 568. The maximum absolute atomic E-state index is 6.10. The molecule has 0 bridgehead atoms. The van der Waals surface area contributed by atoms with Gasteiger partial charge < -0.3 is 15.2 Å². The van der Waals surface area contributed by atoms with E-state index in [0.717, 1.165) is 18.2 Å². The van der Waals surface area contributed by atoms with Gasteiger partial charge in [-0.1, -0.05) is 37.0 Å². The second kappa shape index (κ2) is 8.97. The van der Waals surface area contributed by atoms with Crippen molar-refractivity contribution in [3.8, 4) is 0 Å². The minimum Gasteiger partial charge on any atom is -0.355 e. The monoisotopic (exact) mass is 373 g/mol. The van der Waals surface area contributed by atoms with Crippen LogP contribution in [0.3, 0.4) is 0 Å². The normalized spacial score (nSPS) is 19.3. The first-order chi connectivity index (χ1) is 11.4. The van der Waals surface area contributed by atoms with Gasteiger partial charge in [-0.15, -0.1) is 0 Å². The van der Waals surface area contributed by atoms with Crippen LogP contribution in [0.5, 0.6) is 0 Å². The van der Waals surface area contributed by atoms with Crippen LogP contribution >= 0.6 is 23.2 Å². The molecule has 1 aromatic rings. The van der Waals surface area contributed by atoms with Gasteiger partial charge in [-0.3, -0.25) is 9.89 Å². The van der Waals surface area contributed by atoms with Gasteiger partial charge in [0.15, 0.2) is 5.96 Å². The summed E-state index contributed by atoms with van der Waals surface area (Å²) in [7, 11) is 3.70. The van der Waals surface area contributed by atoms with Crippen LogP contribution in [0.4, 0.5) is 0 Å². The number of likely N-dealkylation sites (tertiary alicyclic amines) is 1. The molecule has 5 nitrogen and oxygen atoms in total. The van der Waals surface area contributed by atoms with Crippen molar-refractivity contribution >= 4 is 29.2 Å². The van der Waals surface area contributed by atoms with Crippen molar-refractivity contribution in [2.24, 2.45) is 18.0 Å². The Morgan fingerprint density at radius 2 is 2.12 bits per heavy atom. The molecule has 1 aliphatic heterocycles. The lowest BCUT2D eigenvalue weighted by atomic mass is 10.1. The van der Waals surface area contributed by atoms with Gasteiger partial charge in [0.1, 0.15) is 5.15 Å². The van der Waals surface area contributed by atoms with E-state index in [1.165, 1.54) is 25.9 Å². The van der Waals surface area contributed by atoms with E-state index >= 15 is 0 Å². The minimum atomic E-state index is 0.562. The van der Waals surface area contributed by atoms with Gasteiger partial charge in [0.2, 0.25) is 0 Å². The zero-order chi connectivity index (χ0) is 17.7. The number of halogens is 2. The van der Waals surface area contributed by atoms with Crippen molar-refractivity contribution in [2.75, 3.05) is 26.7 Å². The third-order valence-corrected chi connectivity index (χ3v) is 5.32. The van der Waals surface area contributed by atoms with Gasteiger partial charge in [0, 0.05) is 38.9 Å². The average molecular weight is 374 g/mol. The molecule has 0 spiro atoms. The summed E-state index contributed by atoms with van der Waals surface area (Å²) in [5.74, 6) is 1.51. The first-order valence-corrected chi connectivity index (χ1v) is 9.36. The van der Waals surface area contributed by atoms with Crippen LogP contribution in [-0.2, 0) is 13.6 Å². The maximum atomic E-state index is 6.10. The topological polar surface area (TPSA) is 44.6 Å². The zero-order valence-corrected chi connectivity index (χ0v) is 16.6. The number of aromatic nitrogens is 1. The van der Waals surface area contributed by atoms with Crippen LogP contribution in [0.1, 0.15) is 32.4 Å². The molecular formula is C17H29Cl2N5. The molecule has 0 aliphatic carbocycles. The number of rotatable bonds is 6. The van der Waals surface area contributed by atoms with Crippen molar-refractivity contribution in [2.45, 2.75) is 39.3 Å². The van der Waals surface area contributed by atoms with E-state index in [1.54, 1.807) is 7.05 Å². The number of hydrogen-bond acceptors (Lipinski definition) is 2. The Morgan fingerprint density at radius 1 is 1.38 bits per heavy atom. The van der Waals surface area contributed by atoms with Crippen LogP contribution in [0.15, 0.2) is 11.1 Å². The summed E-state index contributed by atoms with van der Waals surface area (Å²) in [4.78, 5) is 6.89. The van der Waals surface area contributed by atoms with E-state index in [0.29, 0.717) is 28.7 Å². The van der Waals surface area contributed by atoms with Gasteiger partial charge >= 0.3 is 0 Å². The Kier molecular flexibility index (Phi) is 7.26. The van der Waals surface area contributed by atoms with Crippen LogP contribution in [0, 0.1) is 5.92 Å². The number of hydrogen-bond donors (Lipinski definition) is 2. The van der Waals surface area contributed by atoms with Crippen molar-refractivity contribution in [3.63, 3.8) is 0 Å². The molecule has 0 aromatic carbocycles. The summed E-state index contributed by atoms with van der Waals surface area (Å²) in [5, 5.41) is 7.92. The molecule has 7 heteroatoms. The first kappa shape index (κ1) is 19.4. The molecule has 0 radical (unpaired) electrons. The van der Waals surface area contributed by atoms with Crippen LogP contribution in [0.25, 0.3) is 0 Å². The Hall–Kier alpha value is -0.910. The van der Waals surface area contributed by atoms with Crippen molar-refractivity contribution < 1.29 is 0 Å². The highest BCUT2D eigenvalue weighted by Gasteiger charge is 2.24. The summed E-state index contributed by atoms with van der Waals surface area (Å²) < 4.78 is 1.88. The molecule has 24 heavy (non-hydrogen) atoms.